The SMILES string of the molecule is CCOC(=O)CC(NC(=O)C1(NC(=O)OC(C)(C)C)CC1CCC[NH3+])c1ccccc1[N+](=O)[O-]. The number of hydrogen-bond acceptors (Lipinski definition) is 7. The van der Waals surface area contributed by atoms with Gasteiger partial charge in [-0.1, -0.05) is 18.2 Å². The van der Waals surface area contributed by atoms with Gasteiger partial charge in [0, 0.05) is 6.07 Å². The van der Waals surface area contributed by atoms with Gasteiger partial charge in [-0.25, -0.2) is 4.79 Å². The summed E-state index contributed by atoms with van der Waals surface area (Å²) in [5.41, 5.74) is 1.79. The summed E-state index contributed by atoms with van der Waals surface area (Å²) in [7, 11) is 0. The molecule has 3 unspecified atom stereocenters. The second-order valence-electron chi connectivity index (χ2n) is 9.35. The Balaban J connectivity index is 2.33. The third-order valence-electron chi connectivity index (χ3n) is 5.53. The van der Waals surface area contributed by atoms with Gasteiger partial charge in [0.1, 0.15) is 11.1 Å². The van der Waals surface area contributed by atoms with Crippen LogP contribution in [0.5, 0.6) is 0 Å². The van der Waals surface area contributed by atoms with Gasteiger partial charge < -0.3 is 25.8 Å². The molecule has 0 spiro atoms. The molecule has 11 heteroatoms. The summed E-state index contributed by atoms with van der Waals surface area (Å²) in [6, 6.07) is 4.88. The van der Waals surface area contributed by atoms with Crippen LogP contribution in [0, 0.1) is 16.0 Å². The number of carbonyl (C=O) groups is 3. The van der Waals surface area contributed by atoms with Crippen molar-refractivity contribution in [3.05, 3.63) is 39.9 Å². The summed E-state index contributed by atoms with van der Waals surface area (Å²) in [6.07, 6.45) is 0.803. The molecule has 2 rings (SSSR count). The maximum Gasteiger partial charge on any atom is 0.408 e. The molecule has 0 aromatic heterocycles. The zero-order valence-corrected chi connectivity index (χ0v) is 20.2. The summed E-state index contributed by atoms with van der Waals surface area (Å²) in [4.78, 5) is 49.3. The van der Waals surface area contributed by atoms with Crippen molar-refractivity contribution in [3.8, 4) is 0 Å². The monoisotopic (exact) mass is 479 g/mol. The molecule has 1 aliphatic carbocycles. The number of nitro benzene ring substituents is 1. The molecule has 0 bridgehead atoms. The number of nitrogens with zero attached hydrogens (tertiary/aromatic N) is 1. The Morgan fingerprint density at radius 2 is 1.97 bits per heavy atom. The number of carbonyl (C=O) groups excluding carboxylic acids is 3. The van der Waals surface area contributed by atoms with Gasteiger partial charge in [0.25, 0.3) is 5.69 Å². The highest BCUT2D eigenvalue weighted by Gasteiger charge is 2.61. The van der Waals surface area contributed by atoms with Crippen molar-refractivity contribution in [1.82, 2.24) is 10.6 Å². The smallest absolute Gasteiger partial charge is 0.408 e. The molecule has 1 aliphatic rings. The van der Waals surface area contributed by atoms with E-state index in [1.54, 1.807) is 33.8 Å². The number of quaternary nitrogens is 1. The number of rotatable bonds is 11. The van der Waals surface area contributed by atoms with E-state index in [2.05, 4.69) is 16.4 Å². The third kappa shape index (κ3) is 7.14. The van der Waals surface area contributed by atoms with Crippen molar-refractivity contribution in [2.45, 2.75) is 70.6 Å². The number of ether oxygens (including phenoxy) is 2. The molecular formula is C23H35N4O7+. The maximum atomic E-state index is 13.5. The van der Waals surface area contributed by atoms with Gasteiger partial charge in [0.05, 0.1) is 36.1 Å². The Morgan fingerprint density at radius 1 is 1.29 bits per heavy atom. The maximum absolute atomic E-state index is 13.5. The van der Waals surface area contributed by atoms with Crippen LogP contribution in [0.1, 0.15) is 65.0 Å². The second kappa shape index (κ2) is 11.3. The standard InChI is InChI=1S/C23H34N4O7/c1-5-33-19(28)13-17(16-10-6-7-11-18(16)27(31)32)25-20(29)23(14-15(23)9-8-12-24)26-21(30)34-22(2,3)4/h6-7,10-11,15,17H,5,8-9,12-14,24H2,1-4H3,(H,25,29)(H,26,30)/p+1. The first-order valence-corrected chi connectivity index (χ1v) is 11.4. The highest BCUT2D eigenvalue weighted by molar-refractivity contribution is 5.94. The van der Waals surface area contributed by atoms with Gasteiger partial charge in [0.2, 0.25) is 5.91 Å². The number of esters is 1. The first kappa shape index (κ1) is 27.0. The average Bonchev–Trinajstić information content (AvgIpc) is 3.43. The number of amides is 2. The van der Waals surface area contributed by atoms with Gasteiger partial charge in [-0.3, -0.25) is 19.7 Å². The van der Waals surface area contributed by atoms with E-state index >= 15 is 0 Å². The van der Waals surface area contributed by atoms with Crippen molar-refractivity contribution < 1.29 is 34.5 Å². The number of nitro groups is 1. The quantitative estimate of drug-likeness (QED) is 0.248. The number of hydrogen-bond donors (Lipinski definition) is 3. The van der Waals surface area contributed by atoms with Crippen LogP contribution in [0.2, 0.25) is 0 Å². The van der Waals surface area contributed by atoms with Gasteiger partial charge in [-0.05, 0) is 52.9 Å². The molecule has 1 fully saturated rings. The Labute approximate surface area is 198 Å². The highest BCUT2D eigenvalue weighted by atomic mass is 16.6. The van der Waals surface area contributed by atoms with Crippen LogP contribution in [0.15, 0.2) is 24.3 Å². The van der Waals surface area contributed by atoms with E-state index in [0.29, 0.717) is 19.4 Å². The molecule has 1 aromatic rings. The molecule has 34 heavy (non-hydrogen) atoms. The minimum Gasteiger partial charge on any atom is -0.466 e. The number of alkyl carbamates (subject to hydrolysis) is 1. The molecular weight excluding hydrogens is 444 g/mol. The van der Waals surface area contributed by atoms with E-state index in [9.17, 15) is 24.5 Å². The van der Waals surface area contributed by atoms with E-state index < -0.39 is 40.1 Å². The van der Waals surface area contributed by atoms with E-state index in [1.165, 1.54) is 18.2 Å². The lowest BCUT2D eigenvalue weighted by Crippen LogP contribution is -2.53. The lowest BCUT2D eigenvalue weighted by Gasteiger charge is -2.26. The normalized spacial score (nSPS) is 20.1. The second-order valence-corrected chi connectivity index (χ2v) is 9.35. The Hall–Kier alpha value is -3.21. The number of benzene rings is 1. The lowest BCUT2D eigenvalue weighted by atomic mass is 10.00. The van der Waals surface area contributed by atoms with E-state index in [1.807, 2.05) is 0 Å². The fourth-order valence-corrected chi connectivity index (χ4v) is 3.90. The zero-order valence-electron chi connectivity index (χ0n) is 20.2. The molecule has 0 saturated heterocycles. The highest BCUT2D eigenvalue weighted by Crippen LogP contribution is 2.47. The summed E-state index contributed by atoms with van der Waals surface area (Å²) in [5.74, 6) is -1.28. The van der Waals surface area contributed by atoms with Crippen LogP contribution in [0.4, 0.5) is 10.5 Å². The topological polar surface area (TPSA) is 165 Å². The van der Waals surface area contributed by atoms with Crippen molar-refractivity contribution in [3.63, 3.8) is 0 Å². The van der Waals surface area contributed by atoms with Crippen molar-refractivity contribution in [1.29, 1.82) is 0 Å². The predicted octanol–water partition coefficient (Wildman–Crippen LogP) is 2.01. The largest absolute Gasteiger partial charge is 0.466 e. The summed E-state index contributed by atoms with van der Waals surface area (Å²) in [5, 5.41) is 17.1. The van der Waals surface area contributed by atoms with Gasteiger partial charge in [0.15, 0.2) is 0 Å². The van der Waals surface area contributed by atoms with Crippen LogP contribution in [-0.4, -0.2) is 47.2 Å². The predicted molar refractivity (Wildman–Crippen MR) is 122 cm³/mol. The van der Waals surface area contributed by atoms with Crippen LogP contribution >= 0.6 is 0 Å². The minimum atomic E-state index is -1.23. The van der Waals surface area contributed by atoms with Gasteiger partial charge in [-0.15, -0.1) is 0 Å². The van der Waals surface area contributed by atoms with E-state index in [0.717, 1.165) is 6.42 Å². The van der Waals surface area contributed by atoms with E-state index in [4.69, 9.17) is 9.47 Å². The molecule has 1 aromatic carbocycles. The van der Waals surface area contributed by atoms with Crippen molar-refractivity contribution in [2.75, 3.05) is 13.2 Å². The van der Waals surface area contributed by atoms with Crippen LogP contribution in [-0.2, 0) is 19.1 Å². The molecule has 3 atom stereocenters. The molecule has 188 valence electrons. The fraction of sp³-hybridized carbons (Fsp3) is 0.609. The van der Waals surface area contributed by atoms with Gasteiger partial charge in [-0.2, -0.15) is 0 Å². The summed E-state index contributed by atoms with van der Waals surface area (Å²) < 4.78 is 10.4. The number of para-hydroxylation sites is 1. The van der Waals surface area contributed by atoms with Crippen molar-refractivity contribution in [2.24, 2.45) is 5.92 Å². The Kier molecular flexibility index (Phi) is 8.97. The Morgan fingerprint density at radius 3 is 2.56 bits per heavy atom. The summed E-state index contributed by atoms with van der Waals surface area (Å²) in [6.45, 7) is 7.62. The number of nitrogens with one attached hydrogen (secondary N) is 2. The first-order valence-electron chi connectivity index (χ1n) is 11.4. The lowest BCUT2D eigenvalue weighted by molar-refractivity contribution is -0.385. The van der Waals surface area contributed by atoms with E-state index in [-0.39, 0.29) is 30.2 Å². The summed E-state index contributed by atoms with van der Waals surface area (Å²) >= 11 is 0. The molecule has 0 aliphatic heterocycles. The zero-order chi connectivity index (χ0) is 25.5. The average molecular weight is 480 g/mol. The molecule has 0 radical (unpaired) electrons. The molecule has 2 amide bonds. The molecule has 11 nitrogen and oxygen atoms in total. The molecule has 5 N–H and O–H groups in total. The molecule has 1 saturated carbocycles. The minimum absolute atomic E-state index is 0.133. The molecule has 0 heterocycles. The first-order chi connectivity index (χ1) is 15.9. The van der Waals surface area contributed by atoms with Crippen molar-refractivity contribution >= 4 is 23.7 Å². The Bertz CT molecular complexity index is 915. The van der Waals surface area contributed by atoms with Crippen LogP contribution < -0.4 is 16.4 Å². The van der Waals surface area contributed by atoms with Crippen LogP contribution in [0.3, 0.4) is 0 Å². The fourth-order valence-electron chi connectivity index (χ4n) is 3.90. The van der Waals surface area contributed by atoms with Gasteiger partial charge >= 0.3 is 12.1 Å². The third-order valence-corrected chi connectivity index (χ3v) is 5.53. The van der Waals surface area contributed by atoms with Crippen LogP contribution in [0.25, 0.3) is 0 Å².